The lowest BCUT2D eigenvalue weighted by atomic mass is 9.84. The van der Waals surface area contributed by atoms with Crippen LogP contribution < -0.4 is 0 Å². The summed E-state index contributed by atoms with van der Waals surface area (Å²) in [5.41, 5.74) is 0.0763. The Hall–Kier alpha value is -1.06. The number of carboxylic acids is 1. The van der Waals surface area contributed by atoms with E-state index in [2.05, 4.69) is 13.8 Å². The Balaban J connectivity index is 1.83. The number of likely N-dealkylation sites (tertiary alicyclic amines) is 1. The lowest BCUT2D eigenvalue weighted by Gasteiger charge is -2.33. The fourth-order valence-corrected chi connectivity index (χ4v) is 4.07. The van der Waals surface area contributed by atoms with Crippen molar-refractivity contribution in [2.75, 3.05) is 0 Å². The number of hydrogen-bond donors (Lipinski definition) is 1. The number of carbonyl (C=O) groups excluding carboxylic acids is 1. The lowest BCUT2D eigenvalue weighted by molar-refractivity contribution is -0.150. The van der Waals surface area contributed by atoms with Gasteiger partial charge in [-0.25, -0.2) is 4.79 Å². The third-order valence-corrected chi connectivity index (χ3v) is 5.44. The van der Waals surface area contributed by atoms with Crippen LogP contribution >= 0.6 is 0 Å². The molecule has 0 aromatic carbocycles. The normalized spacial score (nSPS) is 39.8. The predicted octanol–water partition coefficient (Wildman–Crippen LogP) is 2.28. The van der Waals surface area contributed by atoms with Crippen molar-refractivity contribution >= 4 is 11.9 Å². The standard InChI is InChI=1S/C15H23NO3/c1-15(2)8-10(15)13(17)16-11-6-4-3-5-9(11)7-12(16)14(18)19/h9-12H,3-8H2,1-2H3,(H,18,19)/t9?,10-,11?,12?/m1/s1. The highest BCUT2D eigenvalue weighted by atomic mass is 16.4. The third-order valence-electron chi connectivity index (χ3n) is 5.44. The van der Waals surface area contributed by atoms with E-state index in [4.69, 9.17) is 0 Å². The molecule has 1 aliphatic heterocycles. The molecular weight excluding hydrogens is 242 g/mol. The molecule has 2 saturated carbocycles. The van der Waals surface area contributed by atoms with Crippen molar-refractivity contribution in [1.82, 2.24) is 4.90 Å². The summed E-state index contributed by atoms with van der Waals surface area (Å²) in [7, 11) is 0. The molecule has 0 aromatic heterocycles. The number of nitrogens with zero attached hydrogens (tertiary/aromatic N) is 1. The second-order valence-electron chi connectivity index (χ2n) is 7.19. The van der Waals surface area contributed by atoms with Gasteiger partial charge in [-0.3, -0.25) is 4.79 Å². The number of rotatable bonds is 2. The molecule has 3 rings (SSSR count). The van der Waals surface area contributed by atoms with Crippen LogP contribution in [0.4, 0.5) is 0 Å². The predicted molar refractivity (Wildman–Crippen MR) is 70.5 cm³/mol. The van der Waals surface area contributed by atoms with Gasteiger partial charge in [0.25, 0.3) is 0 Å². The van der Waals surface area contributed by atoms with Crippen LogP contribution in [0.25, 0.3) is 0 Å². The van der Waals surface area contributed by atoms with Crippen molar-refractivity contribution < 1.29 is 14.7 Å². The van der Waals surface area contributed by atoms with Crippen LogP contribution in [0.1, 0.15) is 52.4 Å². The smallest absolute Gasteiger partial charge is 0.326 e. The van der Waals surface area contributed by atoms with Crippen molar-refractivity contribution in [2.24, 2.45) is 17.3 Å². The Morgan fingerprint density at radius 1 is 1.21 bits per heavy atom. The second kappa shape index (κ2) is 4.22. The summed E-state index contributed by atoms with van der Waals surface area (Å²) in [5.74, 6) is -0.247. The van der Waals surface area contributed by atoms with E-state index in [-0.39, 0.29) is 23.3 Å². The van der Waals surface area contributed by atoms with Crippen LogP contribution in [0, 0.1) is 17.3 Å². The first-order chi connectivity index (χ1) is 8.92. The average Bonchev–Trinajstić information content (AvgIpc) is 2.85. The zero-order valence-electron chi connectivity index (χ0n) is 11.8. The van der Waals surface area contributed by atoms with E-state index >= 15 is 0 Å². The summed E-state index contributed by atoms with van der Waals surface area (Å²) in [6.45, 7) is 4.19. The maximum Gasteiger partial charge on any atom is 0.326 e. The Morgan fingerprint density at radius 2 is 1.84 bits per heavy atom. The molecule has 1 heterocycles. The van der Waals surface area contributed by atoms with Gasteiger partial charge in [0.1, 0.15) is 6.04 Å². The molecule has 4 heteroatoms. The summed E-state index contributed by atoms with van der Waals surface area (Å²) in [4.78, 5) is 25.9. The van der Waals surface area contributed by atoms with Crippen LogP contribution in [0.15, 0.2) is 0 Å². The number of fused-ring (bicyclic) bond motifs is 1. The summed E-state index contributed by atoms with van der Waals surface area (Å²) < 4.78 is 0. The van der Waals surface area contributed by atoms with Crippen molar-refractivity contribution in [2.45, 2.75) is 64.5 Å². The largest absolute Gasteiger partial charge is 0.480 e. The van der Waals surface area contributed by atoms with E-state index in [0.29, 0.717) is 12.3 Å². The van der Waals surface area contributed by atoms with E-state index < -0.39 is 12.0 Å². The van der Waals surface area contributed by atoms with Crippen LogP contribution in [-0.4, -0.2) is 34.0 Å². The quantitative estimate of drug-likeness (QED) is 0.833. The highest BCUT2D eigenvalue weighted by molar-refractivity contribution is 5.88. The van der Waals surface area contributed by atoms with Crippen LogP contribution in [-0.2, 0) is 9.59 Å². The SMILES string of the molecule is CC1(C)C[C@@H]1C(=O)N1C(C(=O)O)CC2CCCCC21. The van der Waals surface area contributed by atoms with Crippen molar-refractivity contribution in [3.63, 3.8) is 0 Å². The van der Waals surface area contributed by atoms with Crippen molar-refractivity contribution in [1.29, 1.82) is 0 Å². The number of amides is 1. The van der Waals surface area contributed by atoms with Gasteiger partial charge in [-0.2, -0.15) is 0 Å². The van der Waals surface area contributed by atoms with E-state index in [9.17, 15) is 14.7 Å². The molecule has 3 fully saturated rings. The summed E-state index contributed by atoms with van der Waals surface area (Å²) >= 11 is 0. The van der Waals surface area contributed by atoms with Gasteiger partial charge in [-0.05, 0) is 37.0 Å². The molecule has 3 aliphatic rings. The minimum atomic E-state index is -0.818. The Morgan fingerprint density at radius 3 is 2.42 bits per heavy atom. The van der Waals surface area contributed by atoms with Gasteiger partial charge in [0.15, 0.2) is 0 Å². The molecule has 2 aliphatic carbocycles. The van der Waals surface area contributed by atoms with Crippen molar-refractivity contribution in [3.05, 3.63) is 0 Å². The van der Waals surface area contributed by atoms with Gasteiger partial charge in [0.05, 0.1) is 0 Å². The Bertz CT molecular complexity index is 418. The summed E-state index contributed by atoms with van der Waals surface area (Å²) in [6.07, 6.45) is 5.97. The minimum absolute atomic E-state index is 0.0510. The maximum atomic E-state index is 12.7. The summed E-state index contributed by atoms with van der Waals surface area (Å²) in [6, 6.07) is -0.379. The van der Waals surface area contributed by atoms with Crippen molar-refractivity contribution in [3.8, 4) is 0 Å². The fraction of sp³-hybridized carbons (Fsp3) is 0.867. The highest BCUT2D eigenvalue weighted by Crippen LogP contribution is 2.54. The average molecular weight is 265 g/mol. The van der Waals surface area contributed by atoms with Gasteiger partial charge < -0.3 is 10.0 Å². The Kier molecular flexibility index (Phi) is 2.88. The van der Waals surface area contributed by atoms with Gasteiger partial charge in [0.2, 0.25) is 5.91 Å². The van der Waals surface area contributed by atoms with E-state index in [1.54, 1.807) is 4.90 Å². The van der Waals surface area contributed by atoms with Crippen LogP contribution in [0.5, 0.6) is 0 Å². The van der Waals surface area contributed by atoms with Crippen LogP contribution in [0.2, 0.25) is 0 Å². The molecule has 1 N–H and O–H groups in total. The van der Waals surface area contributed by atoms with Gasteiger partial charge in [-0.15, -0.1) is 0 Å². The molecule has 4 nitrogen and oxygen atoms in total. The van der Waals surface area contributed by atoms with Gasteiger partial charge in [0, 0.05) is 12.0 Å². The first-order valence-corrected chi connectivity index (χ1v) is 7.47. The molecule has 3 unspecified atom stereocenters. The first-order valence-electron chi connectivity index (χ1n) is 7.47. The number of aliphatic carboxylic acids is 1. The zero-order chi connectivity index (χ0) is 13.8. The molecule has 0 bridgehead atoms. The Labute approximate surface area is 114 Å². The minimum Gasteiger partial charge on any atom is -0.480 e. The zero-order valence-corrected chi connectivity index (χ0v) is 11.8. The van der Waals surface area contributed by atoms with E-state index in [0.717, 1.165) is 25.7 Å². The maximum absolute atomic E-state index is 12.7. The molecule has 0 radical (unpaired) electrons. The van der Waals surface area contributed by atoms with Crippen LogP contribution in [0.3, 0.4) is 0 Å². The first kappa shape index (κ1) is 12.9. The topological polar surface area (TPSA) is 57.6 Å². The fourth-order valence-electron chi connectivity index (χ4n) is 4.07. The molecule has 0 spiro atoms. The molecule has 1 saturated heterocycles. The molecule has 0 aromatic rings. The molecule has 19 heavy (non-hydrogen) atoms. The monoisotopic (exact) mass is 265 g/mol. The highest BCUT2D eigenvalue weighted by Gasteiger charge is 2.57. The molecular formula is C15H23NO3. The van der Waals surface area contributed by atoms with Gasteiger partial charge >= 0.3 is 5.97 Å². The third kappa shape index (κ3) is 2.05. The molecule has 1 amide bonds. The number of carbonyl (C=O) groups is 2. The van der Waals surface area contributed by atoms with E-state index in [1.165, 1.54) is 6.42 Å². The lowest BCUT2D eigenvalue weighted by Crippen LogP contribution is -2.47. The molecule has 106 valence electrons. The second-order valence-corrected chi connectivity index (χ2v) is 7.19. The number of hydrogen-bond acceptors (Lipinski definition) is 2. The summed E-state index contributed by atoms with van der Waals surface area (Å²) in [5, 5.41) is 9.42. The molecule has 4 atom stereocenters. The number of carboxylic acid groups (broad SMARTS) is 1. The van der Waals surface area contributed by atoms with Gasteiger partial charge in [-0.1, -0.05) is 26.7 Å². The van der Waals surface area contributed by atoms with E-state index in [1.807, 2.05) is 0 Å².